The monoisotopic (exact) mass is 288 g/mol. The van der Waals surface area contributed by atoms with E-state index < -0.39 is 18.1 Å². The van der Waals surface area contributed by atoms with Crippen molar-refractivity contribution in [2.75, 3.05) is 18.0 Å². The minimum absolute atomic E-state index is 0.0677. The molecule has 20 heavy (non-hydrogen) atoms. The lowest BCUT2D eigenvalue weighted by Gasteiger charge is -2.34. The molecule has 4 nitrogen and oxygen atoms in total. The molecular weight excluding hydrogens is 273 g/mol. The fraction of sp³-hybridized carbons (Fsp3) is 0.538. The second-order valence-corrected chi connectivity index (χ2v) is 4.93. The van der Waals surface area contributed by atoms with Gasteiger partial charge in [-0.3, -0.25) is 0 Å². The van der Waals surface area contributed by atoms with E-state index in [4.69, 9.17) is 5.11 Å². The van der Waals surface area contributed by atoms with Crippen LogP contribution in [-0.4, -0.2) is 35.3 Å². The van der Waals surface area contributed by atoms with E-state index in [1.54, 1.807) is 4.90 Å². The van der Waals surface area contributed by atoms with Gasteiger partial charge in [-0.15, -0.1) is 0 Å². The van der Waals surface area contributed by atoms with Crippen molar-refractivity contribution in [3.63, 3.8) is 0 Å². The molecule has 1 unspecified atom stereocenters. The molecule has 110 valence electrons. The SMILES string of the molecule is Cc1nc(N2CCCC(C(F)(F)F)C2)ccc1C(=O)O. The Bertz CT molecular complexity index is 517. The minimum atomic E-state index is -4.20. The van der Waals surface area contributed by atoms with Crippen LogP contribution in [0.4, 0.5) is 19.0 Å². The molecular formula is C13H15F3N2O2. The van der Waals surface area contributed by atoms with Crippen LogP contribution in [0.2, 0.25) is 0 Å². The number of aromatic nitrogens is 1. The van der Waals surface area contributed by atoms with E-state index in [1.165, 1.54) is 19.1 Å². The van der Waals surface area contributed by atoms with E-state index in [0.29, 0.717) is 24.5 Å². The normalized spacial score (nSPS) is 20.0. The summed E-state index contributed by atoms with van der Waals surface area (Å²) in [4.78, 5) is 16.6. The molecule has 0 saturated carbocycles. The summed E-state index contributed by atoms with van der Waals surface area (Å²) in [6, 6.07) is 2.85. The smallest absolute Gasteiger partial charge is 0.393 e. The Balaban J connectivity index is 2.19. The molecule has 1 atom stereocenters. The summed E-state index contributed by atoms with van der Waals surface area (Å²) in [5.41, 5.74) is 0.377. The lowest BCUT2D eigenvalue weighted by molar-refractivity contribution is -0.176. The van der Waals surface area contributed by atoms with E-state index in [-0.39, 0.29) is 18.5 Å². The van der Waals surface area contributed by atoms with Gasteiger partial charge in [0.15, 0.2) is 0 Å². The summed E-state index contributed by atoms with van der Waals surface area (Å²) < 4.78 is 38.3. The van der Waals surface area contributed by atoms with Crippen molar-refractivity contribution in [3.8, 4) is 0 Å². The maximum atomic E-state index is 12.8. The van der Waals surface area contributed by atoms with Crippen LogP contribution in [0.5, 0.6) is 0 Å². The van der Waals surface area contributed by atoms with Crippen molar-refractivity contribution >= 4 is 11.8 Å². The number of rotatable bonds is 2. The summed E-state index contributed by atoms with van der Waals surface area (Å²) in [6.45, 7) is 1.92. The van der Waals surface area contributed by atoms with Crippen LogP contribution < -0.4 is 4.90 Å². The molecule has 1 aromatic heterocycles. The van der Waals surface area contributed by atoms with Crippen molar-refractivity contribution in [1.82, 2.24) is 4.98 Å². The topological polar surface area (TPSA) is 53.4 Å². The second-order valence-electron chi connectivity index (χ2n) is 4.93. The van der Waals surface area contributed by atoms with Crippen LogP contribution in [0.3, 0.4) is 0 Å². The summed E-state index contributed by atoms with van der Waals surface area (Å²) in [5.74, 6) is -2.03. The van der Waals surface area contributed by atoms with Gasteiger partial charge in [-0.25, -0.2) is 9.78 Å². The molecule has 1 N–H and O–H groups in total. The van der Waals surface area contributed by atoms with Crippen LogP contribution in [-0.2, 0) is 0 Å². The fourth-order valence-electron chi connectivity index (χ4n) is 2.40. The van der Waals surface area contributed by atoms with Crippen molar-refractivity contribution in [2.45, 2.75) is 25.9 Å². The standard InChI is InChI=1S/C13H15F3N2O2/c1-8-10(12(19)20)4-5-11(17-8)18-6-2-3-9(7-18)13(14,15)16/h4-5,9H,2-3,6-7H2,1H3,(H,19,20). The van der Waals surface area contributed by atoms with Crippen molar-refractivity contribution in [2.24, 2.45) is 5.92 Å². The number of aromatic carboxylic acids is 1. The van der Waals surface area contributed by atoms with Gasteiger partial charge in [0.05, 0.1) is 17.2 Å². The number of alkyl halides is 3. The van der Waals surface area contributed by atoms with Gasteiger partial charge in [0, 0.05) is 13.1 Å². The second kappa shape index (κ2) is 5.30. The number of nitrogens with zero attached hydrogens (tertiary/aromatic N) is 2. The molecule has 1 aromatic rings. The summed E-state index contributed by atoms with van der Waals surface area (Å²) in [7, 11) is 0. The highest BCUT2D eigenvalue weighted by molar-refractivity contribution is 5.89. The third kappa shape index (κ3) is 3.02. The lowest BCUT2D eigenvalue weighted by Crippen LogP contribution is -2.42. The largest absolute Gasteiger partial charge is 0.478 e. The van der Waals surface area contributed by atoms with Gasteiger partial charge < -0.3 is 10.0 Å². The van der Waals surface area contributed by atoms with Gasteiger partial charge in [0.2, 0.25) is 0 Å². The molecule has 1 saturated heterocycles. The van der Waals surface area contributed by atoms with Crippen LogP contribution in [0.1, 0.15) is 28.9 Å². The van der Waals surface area contributed by atoms with Crippen LogP contribution in [0.15, 0.2) is 12.1 Å². The van der Waals surface area contributed by atoms with E-state index in [1.807, 2.05) is 0 Å². The summed E-state index contributed by atoms with van der Waals surface area (Å²) >= 11 is 0. The van der Waals surface area contributed by atoms with Gasteiger partial charge in [0.25, 0.3) is 0 Å². The third-order valence-corrected chi connectivity index (χ3v) is 3.51. The number of halogens is 3. The molecule has 0 aliphatic carbocycles. The third-order valence-electron chi connectivity index (χ3n) is 3.51. The van der Waals surface area contributed by atoms with Crippen LogP contribution >= 0.6 is 0 Å². The number of hydrogen-bond acceptors (Lipinski definition) is 3. The molecule has 0 spiro atoms. The molecule has 2 rings (SSSR count). The van der Waals surface area contributed by atoms with Crippen molar-refractivity contribution < 1.29 is 23.1 Å². The number of piperidine rings is 1. The Morgan fingerprint density at radius 1 is 1.45 bits per heavy atom. The Labute approximate surface area is 114 Å². The Morgan fingerprint density at radius 3 is 2.70 bits per heavy atom. The van der Waals surface area contributed by atoms with Gasteiger partial charge in [-0.2, -0.15) is 13.2 Å². The number of hydrogen-bond donors (Lipinski definition) is 1. The fourth-order valence-corrected chi connectivity index (χ4v) is 2.40. The van der Waals surface area contributed by atoms with Gasteiger partial charge >= 0.3 is 12.1 Å². The van der Waals surface area contributed by atoms with Crippen molar-refractivity contribution in [1.29, 1.82) is 0 Å². The lowest BCUT2D eigenvalue weighted by atomic mass is 9.97. The molecule has 1 aliphatic rings. The van der Waals surface area contributed by atoms with Gasteiger partial charge in [-0.05, 0) is 31.9 Å². The van der Waals surface area contributed by atoms with Crippen LogP contribution in [0.25, 0.3) is 0 Å². The Morgan fingerprint density at radius 2 is 2.15 bits per heavy atom. The zero-order chi connectivity index (χ0) is 14.9. The molecule has 7 heteroatoms. The van der Waals surface area contributed by atoms with Crippen molar-refractivity contribution in [3.05, 3.63) is 23.4 Å². The zero-order valence-electron chi connectivity index (χ0n) is 10.9. The maximum Gasteiger partial charge on any atom is 0.393 e. The molecule has 0 aromatic carbocycles. The molecule has 0 bridgehead atoms. The highest BCUT2D eigenvalue weighted by Gasteiger charge is 2.42. The Kier molecular flexibility index (Phi) is 3.87. The maximum absolute atomic E-state index is 12.8. The molecule has 0 radical (unpaired) electrons. The van der Waals surface area contributed by atoms with Gasteiger partial charge in [-0.1, -0.05) is 0 Å². The first-order chi connectivity index (χ1) is 9.29. The molecule has 2 heterocycles. The molecule has 1 aliphatic heterocycles. The minimum Gasteiger partial charge on any atom is -0.478 e. The average molecular weight is 288 g/mol. The number of carbonyl (C=O) groups is 1. The average Bonchev–Trinajstić information content (AvgIpc) is 2.37. The number of carboxylic acid groups (broad SMARTS) is 1. The van der Waals surface area contributed by atoms with Crippen LogP contribution in [0, 0.1) is 12.8 Å². The van der Waals surface area contributed by atoms with E-state index in [9.17, 15) is 18.0 Å². The van der Waals surface area contributed by atoms with E-state index in [2.05, 4.69) is 4.98 Å². The zero-order valence-corrected chi connectivity index (χ0v) is 10.9. The first-order valence-electron chi connectivity index (χ1n) is 6.31. The number of carboxylic acids is 1. The first kappa shape index (κ1) is 14.6. The summed E-state index contributed by atoms with van der Waals surface area (Å²) in [5, 5.41) is 8.91. The highest BCUT2D eigenvalue weighted by Crippen LogP contribution is 2.34. The first-order valence-corrected chi connectivity index (χ1v) is 6.31. The molecule has 0 amide bonds. The number of anilines is 1. The number of aryl methyl sites for hydroxylation is 1. The predicted molar refractivity (Wildman–Crippen MR) is 66.9 cm³/mol. The summed E-state index contributed by atoms with van der Waals surface area (Å²) in [6.07, 6.45) is -3.62. The quantitative estimate of drug-likeness (QED) is 0.909. The predicted octanol–water partition coefficient (Wildman–Crippen LogP) is 2.87. The van der Waals surface area contributed by atoms with E-state index >= 15 is 0 Å². The van der Waals surface area contributed by atoms with E-state index in [0.717, 1.165) is 0 Å². The highest BCUT2D eigenvalue weighted by atomic mass is 19.4. The number of pyridine rings is 1. The molecule has 1 fully saturated rings. The Hall–Kier alpha value is -1.79. The van der Waals surface area contributed by atoms with Gasteiger partial charge in [0.1, 0.15) is 5.82 Å².